The van der Waals surface area contributed by atoms with Gasteiger partial charge >= 0.3 is 17.9 Å². The van der Waals surface area contributed by atoms with E-state index < -0.39 is 37.0 Å². The fraction of sp³-hybridized carbons (Fsp3) is 0.308. The smallest absolute Gasteiger partial charge is 0.321 e. The molecule has 0 saturated heterocycles. The summed E-state index contributed by atoms with van der Waals surface area (Å²) in [5.41, 5.74) is 0.543. The SMILES string of the molecule is O=C(O)CN(CC(=O)O)[C@@H](Cc1ccc(O)cc1)C(=O)O. The van der Waals surface area contributed by atoms with E-state index in [0.717, 1.165) is 4.90 Å². The van der Waals surface area contributed by atoms with Crippen LogP contribution in [0.3, 0.4) is 0 Å². The van der Waals surface area contributed by atoms with Gasteiger partial charge in [0.1, 0.15) is 11.8 Å². The van der Waals surface area contributed by atoms with Crippen LogP contribution in [0.15, 0.2) is 24.3 Å². The molecule has 1 aromatic rings. The predicted molar refractivity (Wildman–Crippen MR) is 70.1 cm³/mol. The van der Waals surface area contributed by atoms with Crippen molar-refractivity contribution in [2.45, 2.75) is 12.5 Å². The van der Waals surface area contributed by atoms with Gasteiger partial charge in [0, 0.05) is 0 Å². The summed E-state index contributed by atoms with van der Waals surface area (Å²) in [4.78, 5) is 33.7. The van der Waals surface area contributed by atoms with Gasteiger partial charge in [0.2, 0.25) is 0 Å². The maximum atomic E-state index is 11.3. The second-order valence-electron chi connectivity index (χ2n) is 4.42. The van der Waals surface area contributed by atoms with E-state index in [1.807, 2.05) is 0 Å². The monoisotopic (exact) mass is 297 g/mol. The van der Waals surface area contributed by atoms with E-state index in [2.05, 4.69) is 0 Å². The van der Waals surface area contributed by atoms with Crippen LogP contribution >= 0.6 is 0 Å². The number of phenols is 1. The summed E-state index contributed by atoms with van der Waals surface area (Å²) in [5, 5.41) is 35.9. The molecule has 0 unspecified atom stereocenters. The van der Waals surface area contributed by atoms with Crippen molar-refractivity contribution in [2.75, 3.05) is 13.1 Å². The zero-order valence-corrected chi connectivity index (χ0v) is 11.0. The van der Waals surface area contributed by atoms with Crippen LogP contribution in [-0.2, 0) is 20.8 Å². The molecule has 0 aliphatic heterocycles. The predicted octanol–water partition coefficient (Wildman–Crippen LogP) is -0.141. The number of benzene rings is 1. The van der Waals surface area contributed by atoms with E-state index in [9.17, 15) is 19.5 Å². The van der Waals surface area contributed by atoms with Crippen LogP contribution in [0.4, 0.5) is 0 Å². The highest BCUT2D eigenvalue weighted by Crippen LogP contribution is 2.14. The molecule has 21 heavy (non-hydrogen) atoms. The van der Waals surface area contributed by atoms with Crippen molar-refractivity contribution in [2.24, 2.45) is 0 Å². The fourth-order valence-electron chi connectivity index (χ4n) is 1.85. The van der Waals surface area contributed by atoms with E-state index in [4.69, 9.17) is 15.3 Å². The lowest BCUT2D eigenvalue weighted by molar-refractivity contribution is -0.149. The number of aromatic hydroxyl groups is 1. The van der Waals surface area contributed by atoms with Crippen LogP contribution < -0.4 is 0 Å². The molecule has 0 aliphatic carbocycles. The zero-order valence-electron chi connectivity index (χ0n) is 11.0. The van der Waals surface area contributed by atoms with Gasteiger partial charge < -0.3 is 20.4 Å². The van der Waals surface area contributed by atoms with Crippen molar-refractivity contribution in [3.8, 4) is 5.75 Å². The number of carboxylic acids is 3. The van der Waals surface area contributed by atoms with E-state index in [1.165, 1.54) is 24.3 Å². The van der Waals surface area contributed by atoms with Gasteiger partial charge in [-0.15, -0.1) is 0 Å². The van der Waals surface area contributed by atoms with Gasteiger partial charge in [0.05, 0.1) is 13.1 Å². The molecule has 1 rings (SSSR count). The Morgan fingerprint density at radius 3 is 1.81 bits per heavy atom. The van der Waals surface area contributed by atoms with E-state index in [-0.39, 0.29) is 12.2 Å². The molecule has 4 N–H and O–H groups in total. The average Bonchev–Trinajstić information content (AvgIpc) is 2.35. The molecular formula is C13H15NO7. The van der Waals surface area contributed by atoms with Crippen LogP contribution in [0.1, 0.15) is 5.56 Å². The largest absolute Gasteiger partial charge is 0.508 e. The molecule has 8 nitrogen and oxygen atoms in total. The molecule has 0 amide bonds. The van der Waals surface area contributed by atoms with Crippen LogP contribution in [0.25, 0.3) is 0 Å². The lowest BCUT2D eigenvalue weighted by Crippen LogP contribution is -2.47. The van der Waals surface area contributed by atoms with E-state index in [0.29, 0.717) is 5.56 Å². The van der Waals surface area contributed by atoms with E-state index >= 15 is 0 Å². The summed E-state index contributed by atoms with van der Waals surface area (Å²) in [5.74, 6) is -3.93. The highest BCUT2D eigenvalue weighted by Gasteiger charge is 2.29. The Hall–Kier alpha value is -2.61. The molecule has 1 aromatic carbocycles. The number of nitrogens with zero attached hydrogens (tertiary/aromatic N) is 1. The van der Waals surface area contributed by atoms with Gasteiger partial charge in [-0.3, -0.25) is 19.3 Å². The van der Waals surface area contributed by atoms with Gasteiger partial charge in [-0.2, -0.15) is 0 Å². The van der Waals surface area contributed by atoms with Crippen LogP contribution in [0.2, 0.25) is 0 Å². The number of hydrogen-bond donors (Lipinski definition) is 4. The number of phenolic OH excluding ortho intramolecular Hbond substituents is 1. The summed E-state index contributed by atoms with van der Waals surface area (Å²) in [6.07, 6.45) is -0.0732. The summed E-state index contributed by atoms with van der Waals surface area (Å²) < 4.78 is 0. The minimum atomic E-state index is -1.31. The number of carbonyl (C=O) groups is 3. The second kappa shape index (κ2) is 7.25. The maximum absolute atomic E-state index is 11.3. The quantitative estimate of drug-likeness (QED) is 0.520. The standard InChI is InChI=1S/C13H15NO7/c15-9-3-1-8(2-4-9)5-10(13(20)21)14(6-11(16)17)7-12(18)19/h1-4,10,15H,5-7H2,(H,16,17)(H,18,19)(H,20,21)/t10-/m0/s1. The first-order valence-corrected chi connectivity index (χ1v) is 5.98. The van der Waals surface area contributed by atoms with Crippen molar-refractivity contribution in [1.82, 2.24) is 4.90 Å². The number of rotatable bonds is 8. The zero-order chi connectivity index (χ0) is 16.0. The highest BCUT2D eigenvalue weighted by molar-refractivity contribution is 5.78. The minimum absolute atomic E-state index is 0.0125. The molecular weight excluding hydrogens is 282 g/mol. The lowest BCUT2D eigenvalue weighted by Gasteiger charge is -2.25. The van der Waals surface area contributed by atoms with Crippen LogP contribution in [-0.4, -0.2) is 62.4 Å². The Morgan fingerprint density at radius 2 is 1.43 bits per heavy atom. The Labute approximate surface area is 119 Å². The Morgan fingerprint density at radius 1 is 0.952 bits per heavy atom. The third kappa shape index (κ3) is 5.49. The van der Waals surface area contributed by atoms with Gasteiger partial charge in [0.25, 0.3) is 0 Å². The molecule has 0 bridgehead atoms. The molecule has 0 heterocycles. The van der Waals surface area contributed by atoms with Crippen molar-refractivity contribution < 1.29 is 34.8 Å². The van der Waals surface area contributed by atoms with Crippen molar-refractivity contribution in [3.63, 3.8) is 0 Å². The molecule has 0 fully saturated rings. The van der Waals surface area contributed by atoms with Crippen LogP contribution in [0.5, 0.6) is 5.75 Å². The number of hydrogen-bond acceptors (Lipinski definition) is 5. The number of carboxylic acid groups (broad SMARTS) is 3. The Bertz CT molecular complexity index is 510. The summed E-state index contributed by atoms with van der Waals surface area (Å²) in [6, 6.07) is 4.43. The van der Waals surface area contributed by atoms with Gasteiger partial charge in [-0.1, -0.05) is 12.1 Å². The van der Waals surface area contributed by atoms with Crippen molar-refractivity contribution in [3.05, 3.63) is 29.8 Å². The van der Waals surface area contributed by atoms with Gasteiger partial charge in [-0.25, -0.2) is 0 Å². The molecule has 114 valence electrons. The first-order chi connectivity index (χ1) is 9.79. The van der Waals surface area contributed by atoms with Crippen molar-refractivity contribution >= 4 is 17.9 Å². The maximum Gasteiger partial charge on any atom is 0.321 e. The second-order valence-corrected chi connectivity index (χ2v) is 4.42. The molecule has 0 aliphatic rings. The third-order valence-electron chi connectivity index (χ3n) is 2.77. The molecule has 0 radical (unpaired) electrons. The first kappa shape index (κ1) is 16.4. The topological polar surface area (TPSA) is 135 Å². The molecule has 0 saturated carbocycles. The normalized spacial score (nSPS) is 12.0. The molecule has 8 heteroatoms. The Balaban J connectivity index is 2.94. The summed E-state index contributed by atoms with van der Waals surface area (Å²) in [6.45, 7) is -1.39. The highest BCUT2D eigenvalue weighted by atomic mass is 16.4. The van der Waals surface area contributed by atoms with Crippen molar-refractivity contribution in [1.29, 1.82) is 0 Å². The van der Waals surface area contributed by atoms with Crippen LogP contribution in [0, 0.1) is 0 Å². The van der Waals surface area contributed by atoms with Gasteiger partial charge in [-0.05, 0) is 24.1 Å². The first-order valence-electron chi connectivity index (χ1n) is 5.98. The molecule has 0 aromatic heterocycles. The number of aliphatic carboxylic acids is 3. The fourth-order valence-corrected chi connectivity index (χ4v) is 1.85. The van der Waals surface area contributed by atoms with E-state index in [1.54, 1.807) is 0 Å². The Kier molecular flexibility index (Phi) is 5.67. The summed E-state index contributed by atoms with van der Waals surface area (Å²) >= 11 is 0. The lowest BCUT2D eigenvalue weighted by atomic mass is 10.0. The minimum Gasteiger partial charge on any atom is -0.508 e. The average molecular weight is 297 g/mol. The van der Waals surface area contributed by atoms with Gasteiger partial charge in [0.15, 0.2) is 0 Å². The molecule has 0 spiro atoms. The summed E-state index contributed by atoms with van der Waals surface area (Å²) in [7, 11) is 0. The molecule has 1 atom stereocenters. The third-order valence-corrected chi connectivity index (χ3v) is 2.77.